The van der Waals surface area contributed by atoms with Gasteiger partial charge in [-0.2, -0.15) is 8.42 Å². The number of hydrogen-bond donors (Lipinski definition) is 0. The lowest BCUT2D eigenvalue weighted by Crippen LogP contribution is -2.41. The van der Waals surface area contributed by atoms with Crippen LogP contribution in [0.5, 0.6) is 5.75 Å². The Morgan fingerprint density at radius 2 is 1.96 bits per heavy atom. The second kappa shape index (κ2) is 7.08. The summed E-state index contributed by atoms with van der Waals surface area (Å²) < 4.78 is 40.7. The second-order valence-electron chi connectivity index (χ2n) is 7.95. The molecule has 1 aromatic carbocycles. The van der Waals surface area contributed by atoms with E-state index in [1.165, 1.54) is 0 Å². The summed E-state index contributed by atoms with van der Waals surface area (Å²) in [5.41, 5.74) is 0.712. The zero-order chi connectivity index (χ0) is 19.2. The Bertz CT molecular complexity index is 767. The average molecular weight is 447 g/mol. The minimum Gasteiger partial charge on any atom is -0.467 e. The summed E-state index contributed by atoms with van der Waals surface area (Å²) in [6.45, 7) is 4.57. The number of methoxy groups -OCH3 is 1. The van der Waals surface area contributed by atoms with Crippen LogP contribution in [0, 0.1) is 16.7 Å². The fraction of sp³-hybridized carbons (Fsp3) is 0.684. The van der Waals surface area contributed by atoms with Crippen LogP contribution in [0.4, 0.5) is 0 Å². The Labute approximate surface area is 164 Å². The van der Waals surface area contributed by atoms with Gasteiger partial charge in [-0.1, -0.05) is 48.0 Å². The van der Waals surface area contributed by atoms with E-state index in [-0.39, 0.29) is 23.5 Å². The van der Waals surface area contributed by atoms with Gasteiger partial charge in [-0.3, -0.25) is 4.18 Å². The van der Waals surface area contributed by atoms with Gasteiger partial charge in [0.15, 0.2) is 6.79 Å². The van der Waals surface area contributed by atoms with Crippen LogP contribution in [0.3, 0.4) is 0 Å². The molecule has 0 radical (unpaired) electrons. The van der Waals surface area contributed by atoms with Crippen LogP contribution in [0.15, 0.2) is 24.3 Å². The smallest absolute Gasteiger partial charge is 0.264 e. The minimum absolute atomic E-state index is 0.0425. The zero-order valence-corrected chi connectivity index (χ0v) is 18.1. The van der Waals surface area contributed by atoms with Gasteiger partial charge in [-0.25, -0.2) is 0 Å². The number of halogens is 1. The maximum absolute atomic E-state index is 12.1. The molecule has 0 N–H and O–H groups in total. The number of fused-ring (bicyclic) bond motifs is 2. The van der Waals surface area contributed by atoms with Gasteiger partial charge in [-0.15, -0.1) is 0 Å². The first-order valence-electron chi connectivity index (χ1n) is 8.83. The van der Waals surface area contributed by atoms with Gasteiger partial charge in [0, 0.05) is 29.3 Å². The second-order valence-corrected chi connectivity index (χ2v) is 10.1. The molecule has 146 valence electrons. The Hall–Kier alpha value is -0.630. The maximum Gasteiger partial charge on any atom is 0.264 e. The minimum atomic E-state index is -3.58. The molecule has 0 unspecified atom stereocenters. The molecule has 1 aromatic rings. The summed E-state index contributed by atoms with van der Waals surface area (Å²) >= 11 is 3.70. The van der Waals surface area contributed by atoms with Crippen molar-refractivity contribution in [3.05, 3.63) is 29.8 Å². The molecule has 7 heteroatoms. The average Bonchev–Trinajstić information content (AvgIpc) is 2.94. The topological polar surface area (TPSA) is 61.8 Å². The van der Waals surface area contributed by atoms with E-state index < -0.39 is 16.2 Å². The molecular weight excluding hydrogens is 420 g/mol. The van der Waals surface area contributed by atoms with E-state index in [0.29, 0.717) is 5.92 Å². The summed E-state index contributed by atoms with van der Waals surface area (Å²) in [7, 11) is -2.00. The van der Waals surface area contributed by atoms with E-state index in [4.69, 9.17) is 13.7 Å². The van der Waals surface area contributed by atoms with Crippen molar-refractivity contribution in [2.75, 3.05) is 25.5 Å². The Morgan fingerprint density at radius 1 is 1.27 bits per heavy atom. The first-order chi connectivity index (χ1) is 12.2. The standard InChI is InChI=1S/C19H27BrO5S/c1-18-10-9-14(19(18,2)11-20)16(17(18)25-26(4,21)22)13-7-5-6-8-15(13)24-12-23-3/h5-8,14,16-17H,9-12H2,1-4H3/t14-,16+,17+,18+,19-/m1/s1. The maximum atomic E-state index is 12.1. The van der Waals surface area contributed by atoms with Crippen molar-refractivity contribution < 1.29 is 22.1 Å². The number of hydrogen-bond acceptors (Lipinski definition) is 5. The quantitative estimate of drug-likeness (QED) is 0.360. The summed E-state index contributed by atoms with van der Waals surface area (Å²) in [4.78, 5) is 0. The molecule has 2 bridgehead atoms. The van der Waals surface area contributed by atoms with Gasteiger partial charge >= 0.3 is 0 Å². The first-order valence-corrected chi connectivity index (χ1v) is 11.8. The highest BCUT2D eigenvalue weighted by molar-refractivity contribution is 9.09. The Balaban J connectivity index is 2.10. The molecule has 0 saturated heterocycles. The number of ether oxygens (including phenoxy) is 2. The molecule has 0 aliphatic heterocycles. The molecule has 2 aliphatic rings. The predicted octanol–water partition coefficient (Wildman–Crippen LogP) is 3.93. The van der Waals surface area contributed by atoms with Crippen molar-refractivity contribution in [2.24, 2.45) is 16.7 Å². The number of rotatable bonds is 7. The lowest BCUT2D eigenvalue weighted by Gasteiger charge is -2.40. The lowest BCUT2D eigenvalue weighted by atomic mass is 9.70. The van der Waals surface area contributed by atoms with E-state index in [0.717, 1.165) is 35.7 Å². The van der Waals surface area contributed by atoms with Crippen LogP contribution in [0.25, 0.3) is 0 Å². The zero-order valence-electron chi connectivity index (χ0n) is 15.7. The largest absolute Gasteiger partial charge is 0.467 e. The normalized spacial score (nSPS) is 36.4. The summed E-state index contributed by atoms with van der Waals surface area (Å²) in [6, 6.07) is 7.81. The van der Waals surface area contributed by atoms with Crippen LogP contribution in [-0.2, 0) is 19.0 Å². The van der Waals surface area contributed by atoms with Crippen molar-refractivity contribution >= 4 is 26.0 Å². The molecule has 0 heterocycles. The van der Waals surface area contributed by atoms with Gasteiger partial charge in [0.2, 0.25) is 0 Å². The third kappa shape index (κ3) is 3.11. The fourth-order valence-corrected chi connectivity index (χ4v) is 6.89. The van der Waals surface area contributed by atoms with Crippen LogP contribution < -0.4 is 4.74 Å². The molecule has 2 saturated carbocycles. The number of alkyl halides is 1. The summed E-state index contributed by atoms with van der Waals surface area (Å²) in [6.07, 6.45) is 2.73. The van der Waals surface area contributed by atoms with Crippen LogP contribution in [-0.4, -0.2) is 40.0 Å². The molecule has 0 spiro atoms. The van der Waals surface area contributed by atoms with Crippen molar-refractivity contribution in [1.82, 2.24) is 0 Å². The molecular formula is C19H27BrO5S. The number of benzene rings is 1. The van der Waals surface area contributed by atoms with Crippen LogP contribution in [0.2, 0.25) is 0 Å². The molecule has 26 heavy (non-hydrogen) atoms. The Kier molecular flexibility index (Phi) is 5.47. The lowest BCUT2D eigenvalue weighted by molar-refractivity contribution is 0.0277. The van der Waals surface area contributed by atoms with Crippen molar-refractivity contribution in [2.45, 2.75) is 38.7 Å². The molecule has 0 aromatic heterocycles. The van der Waals surface area contributed by atoms with E-state index in [1.54, 1.807) is 7.11 Å². The third-order valence-electron chi connectivity index (χ3n) is 6.65. The molecule has 2 aliphatic carbocycles. The predicted molar refractivity (Wildman–Crippen MR) is 104 cm³/mol. The number of para-hydroxylation sites is 1. The molecule has 2 fully saturated rings. The summed E-state index contributed by atoms with van der Waals surface area (Å²) in [5.74, 6) is 1.000. The third-order valence-corrected chi connectivity index (χ3v) is 8.37. The highest BCUT2D eigenvalue weighted by Crippen LogP contribution is 2.72. The van der Waals surface area contributed by atoms with Gasteiger partial charge in [0.05, 0.1) is 12.4 Å². The molecule has 5 nitrogen and oxygen atoms in total. The fourth-order valence-electron chi connectivity index (χ4n) is 5.13. The van der Waals surface area contributed by atoms with E-state index in [9.17, 15) is 8.42 Å². The molecule has 3 rings (SSSR count). The van der Waals surface area contributed by atoms with E-state index >= 15 is 0 Å². The van der Waals surface area contributed by atoms with E-state index in [2.05, 4.69) is 29.8 Å². The van der Waals surface area contributed by atoms with Gasteiger partial charge in [-0.05, 0) is 30.2 Å². The van der Waals surface area contributed by atoms with Crippen LogP contribution in [0.1, 0.15) is 38.2 Å². The van der Waals surface area contributed by atoms with Crippen molar-refractivity contribution in [3.63, 3.8) is 0 Å². The van der Waals surface area contributed by atoms with Crippen LogP contribution >= 0.6 is 15.9 Å². The molecule has 0 amide bonds. The summed E-state index contributed by atoms with van der Waals surface area (Å²) in [5, 5.41) is 0.808. The van der Waals surface area contributed by atoms with E-state index in [1.807, 2.05) is 24.3 Å². The highest BCUT2D eigenvalue weighted by Gasteiger charge is 2.69. The van der Waals surface area contributed by atoms with Crippen molar-refractivity contribution in [1.29, 1.82) is 0 Å². The van der Waals surface area contributed by atoms with Gasteiger partial charge in [0.25, 0.3) is 10.1 Å². The van der Waals surface area contributed by atoms with Gasteiger partial charge < -0.3 is 9.47 Å². The SMILES string of the molecule is COCOc1ccccc1[C@H]1[C@H]2CC[C@@](C)([C@H]1OS(C)(=O)=O)[C@]2(C)CBr. The Morgan fingerprint density at radius 3 is 2.58 bits per heavy atom. The van der Waals surface area contributed by atoms with Gasteiger partial charge in [0.1, 0.15) is 5.75 Å². The molecule has 5 atom stereocenters. The first kappa shape index (κ1) is 20.1. The highest BCUT2D eigenvalue weighted by atomic mass is 79.9. The monoisotopic (exact) mass is 446 g/mol. The van der Waals surface area contributed by atoms with Crippen molar-refractivity contribution in [3.8, 4) is 5.75 Å².